The van der Waals surface area contributed by atoms with Crippen molar-refractivity contribution in [1.82, 2.24) is 0 Å². The molecule has 0 spiro atoms. The maximum Gasteiger partial charge on any atom is 0.241 e. The number of unbranched alkanes of at least 4 members (excludes halogenated alkanes) is 7. The van der Waals surface area contributed by atoms with Gasteiger partial charge >= 0.3 is 0 Å². The molecule has 4 nitrogen and oxygen atoms in total. The number of ether oxygens (including phenoxy) is 2. The van der Waals surface area contributed by atoms with Crippen molar-refractivity contribution in [2.24, 2.45) is 0 Å². The van der Waals surface area contributed by atoms with Crippen molar-refractivity contribution < 1.29 is 19.1 Å². The maximum atomic E-state index is 12.8. The van der Waals surface area contributed by atoms with Crippen molar-refractivity contribution in [2.75, 3.05) is 0 Å². The molecule has 4 aromatic rings. The Morgan fingerprint density at radius 2 is 0.854 bits per heavy atom. The second kappa shape index (κ2) is 16.2. The first kappa shape index (κ1) is 29.8. The molecule has 0 heterocycles. The van der Waals surface area contributed by atoms with Gasteiger partial charge in [0.2, 0.25) is 6.29 Å². The van der Waals surface area contributed by atoms with Gasteiger partial charge in [-0.3, -0.25) is 9.59 Å². The minimum Gasteiger partial charge on any atom is -0.455 e. The topological polar surface area (TPSA) is 52.6 Å². The van der Waals surface area contributed by atoms with Crippen LogP contribution in [-0.2, 0) is 0 Å². The van der Waals surface area contributed by atoms with Crippen molar-refractivity contribution in [3.05, 3.63) is 131 Å². The highest BCUT2D eigenvalue weighted by Gasteiger charge is 2.15. The fourth-order valence-corrected chi connectivity index (χ4v) is 4.77. The third-order valence-electron chi connectivity index (χ3n) is 7.13. The van der Waals surface area contributed by atoms with E-state index in [0.29, 0.717) is 33.8 Å². The lowest BCUT2D eigenvalue weighted by Crippen LogP contribution is -2.24. The Morgan fingerprint density at radius 1 is 0.488 bits per heavy atom. The van der Waals surface area contributed by atoms with Crippen LogP contribution in [0.15, 0.2) is 109 Å². The van der Waals surface area contributed by atoms with Gasteiger partial charge in [-0.15, -0.1) is 0 Å². The Balaban J connectivity index is 1.38. The molecule has 0 N–H and O–H groups in total. The molecule has 0 fully saturated rings. The third-order valence-corrected chi connectivity index (χ3v) is 7.13. The third kappa shape index (κ3) is 9.46. The van der Waals surface area contributed by atoms with Crippen LogP contribution in [0.2, 0.25) is 0 Å². The zero-order chi connectivity index (χ0) is 28.7. The molecule has 0 bridgehead atoms. The molecule has 0 aliphatic rings. The quantitative estimate of drug-likeness (QED) is 0.0749. The van der Waals surface area contributed by atoms with E-state index >= 15 is 0 Å². The van der Waals surface area contributed by atoms with Gasteiger partial charge in [0.15, 0.2) is 11.6 Å². The highest BCUT2D eigenvalue weighted by atomic mass is 16.7. The summed E-state index contributed by atoms with van der Waals surface area (Å²) in [5.74, 6) is 1.26. The summed E-state index contributed by atoms with van der Waals surface area (Å²) >= 11 is 0. The van der Waals surface area contributed by atoms with E-state index in [-0.39, 0.29) is 11.6 Å². The highest BCUT2D eigenvalue weighted by molar-refractivity contribution is 6.09. The summed E-state index contributed by atoms with van der Waals surface area (Å²) in [6, 6.07) is 33.0. The van der Waals surface area contributed by atoms with Crippen molar-refractivity contribution in [1.29, 1.82) is 0 Å². The van der Waals surface area contributed by atoms with E-state index in [0.717, 1.165) is 19.3 Å². The van der Waals surface area contributed by atoms with Gasteiger partial charge in [0, 0.05) is 28.7 Å². The molecular weight excluding hydrogens is 508 g/mol. The first-order valence-electron chi connectivity index (χ1n) is 14.9. The Hall–Kier alpha value is -4.18. The molecule has 4 heteroatoms. The number of ketones is 2. The van der Waals surface area contributed by atoms with E-state index in [1.165, 1.54) is 38.5 Å². The van der Waals surface area contributed by atoms with Gasteiger partial charge in [-0.25, -0.2) is 0 Å². The zero-order valence-corrected chi connectivity index (χ0v) is 24.0. The fourth-order valence-electron chi connectivity index (χ4n) is 4.77. The van der Waals surface area contributed by atoms with Crippen LogP contribution >= 0.6 is 0 Å². The van der Waals surface area contributed by atoms with Gasteiger partial charge in [-0.1, -0.05) is 113 Å². The van der Waals surface area contributed by atoms with Gasteiger partial charge in [0.25, 0.3) is 0 Å². The lowest BCUT2D eigenvalue weighted by Gasteiger charge is -2.21. The summed E-state index contributed by atoms with van der Waals surface area (Å²) < 4.78 is 12.5. The van der Waals surface area contributed by atoms with Crippen molar-refractivity contribution in [3.63, 3.8) is 0 Å². The Kier molecular flexibility index (Phi) is 11.8. The molecule has 0 aliphatic carbocycles. The lowest BCUT2D eigenvalue weighted by molar-refractivity contribution is -0.00246. The number of benzene rings is 4. The largest absolute Gasteiger partial charge is 0.455 e. The normalized spacial score (nSPS) is 10.9. The zero-order valence-electron chi connectivity index (χ0n) is 24.0. The lowest BCUT2D eigenvalue weighted by atomic mass is 10.0. The van der Waals surface area contributed by atoms with Crippen molar-refractivity contribution >= 4 is 11.6 Å². The fraction of sp³-hybridized carbons (Fsp3) is 0.297. The molecular formula is C37H40O4. The number of carbonyl (C=O) groups is 2. The van der Waals surface area contributed by atoms with E-state index < -0.39 is 6.29 Å². The van der Waals surface area contributed by atoms with Crippen LogP contribution < -0.4 is 9.47 Å². The first-order valence-corrected chi connectivity index (χ1v) is 14.9. The monoisotopic (exact) mass is 548 g/mol. The maximum absolute atomic E-state index is 12.8. The SMILES string of the molecule is CCCCCCCCCCC(Oc1ccc(C(=O)c2ccccc2)cc1)Oc1ccc(C(=O)c2ccccc2)cc1. The van der Waals surface area contributed by atoms with E-state index in [1.54, 1.807) is 24.3 Å². The summed E-state index contributed by atoms with van der Waals surface area (Å²) in [6.45, 7) is 2.24. The number of carbonyl (C=O) groups excluding carboxylic acids is 2. The highest BCUT2D eigenvalue weighted by Crippen LogP contribution is 2.23. The molecule has 4 aromatic carbocycles. The standard InChI is InChI=1S/C37H40O4/c1-2-3-4-5-6-7-8-15-20-35(40-33-25-21-31(22-26-33)36(38)29-16-11-9-12-17-29)41-34-27-23-32(24-28-34)37(39)30-18-13-10-14-19-30/h9-14,16-19,21-28,35H,2-8,15,20H2,1H3. The van der Waals surface area contributed by atoms with Crippen LogP contribution in [0.4, 0.5) is 0 Å². The molecule has 0 aliphatic heterocycles. The van der Waals surface area contributed by atoms with Crippen LogP contribution in [0.3, 0.4) is 0 Å². The molecule has 0 radical (unpaired) electrons. The Morgan fingerprint density at radius 3 is 1.27 bits per heavy atom. The van der Waals surface area contributed by atoms with Crippen LogP contribution in [0, 0.1) is 0 Å². The van der Waals surface area contributed by atoms with E-state index in [2.05, 4.69) is 6.92 Å². The minimum atomic E-state index is -0.485. The van der Waals surface area contributed by atoms with E-state index in [9.17, 15) is 9.59 Å². The smallest absolute Gasteiger partial charge is 0.241 e. The molecule has 0 unspecified atom stereocenters. The molecule has 4 rings (SSSR count). The number of rotatable bonds is 17. The Bertz CT molecular complexity index is 1230. The molecule has 0 saturated heterocycles. The summed E-state index contributed by atoms with van der Waals surface area (Å²) in [6.07, 6.45) is 10.0. The minimum absolute atomic E-state index is 0.0194. The number of hydrogen-bond donors (Lipinski definition) is 0. The second-order valence-electron chi connectivity index (χ2n) is 10.4. The summed E-state index contributed by atoms with van der Waals surface area (Å²) in [5, 5.41) is 0. The van der Waals surface area contributed by atoms with Gasteiger partial charge in [-0.05, 0) is 55.0 Å². The van der Waals surface area contributed by atoms with Crippen molar-refractivity contribution in [3.8, 4) is 11.5 Å². The summed E-state index contributed by atoms with van der Waals surface area (Å²) in [7, 11) is 0. The molecule has 0 amide bonds. The first-order chi connectivity index (χ1) is 20.1. The number of hydrogen-bond acceptors (Lipinski definition) is 4. The predicted molar refractivity (Wildman–Crippen MR) is 165 cm³/mol. The van der Waals surface area contributed by atoms with Crippen LogP contribution in [-0.4, -0.2) is 17.9 Å². The van der Waals surface area contributed by atoms with Crippen LogP contribution in [0.1, 0.15) is 96.6 Å². The van der Waals surface area contributed by atoms with Gasteiger partial charge in [0.05, 0.1) is 0 Å². The van der Waals surface area contributed by atoms with Crippen LogP contribution in [0.25, 0.3) is 0 Å². The predicted octanol–water partition coefficient (Wildman–Crippen LogP) is 9.46. The Labute approximate surface area is 244 Å². The molecule has 0 saturated carbocycles. The van der Waals surface area contributed by atoms with Crippen molar-refractivity contribution in [2.45, 2.75) is 71.0 Å². The molecule has 41 heavy (non-hydrogen) atoms. The summed E-state index contributed by atoms with van der Waals surface area (Å²) in [5.41, 5.74) is 2.54. The molecule has 0 atom stereocenters. The van der Waals surface area contributed by atoms with Gasteiger partial charge in [0.1, 0.15) is 11.5 Å². The molecule has 212 valence electrons. The average molecular weight is 549 g/mol. The second-order valence-corrected chi connectivity index (χ2v) is 10.4. The van der Waals surface area contributed by atoms with Gasteiger partial charge in [-0.2, -0.15) is 0 Å². The molecule has 0 aromatic heterocycles. The van der Waals surface area contributed by atoms with E-state index in [1.807, 2.05) is 84.9 Å². The van der Waals surface area contributed by atoms with Crippen LogP contribution in [0.5, 0.6) is 11.5 Å². The average Bonchev–Trinajstić information content (AvgIpc) is 3.03. The summed E-state index contributed by atoms with van der Waals surface area (Å²) in [4.78, 5) is 25.6. The van der Waals surface area contributed by atoms with E-state index in [4.69, 9.17) is 9.47 Å². The van der Waals surface area contributed by atoms with Gasteiger partial charge < -0.3 is 9.47 Å².